The Hall–Kier alpha value is -1.55. The Labute approximate surface area is 93.0 Å². The van der Waals surface area contributed by atoms with E-state index in [1.165, 1.54) is 0 Å². The standard InChI is InChI=1S/C10H10N2O2.ClH/c1-2-14-10(13)9-7-5-3-4-6-8(7)11-12-9;/h3-6H,2H2,1H3,(H,11,12);1H. The molecule has 0 saturated carbocycles. The van der Waals surface area contributed by atoms with Gasteiger partial charge in [-0.1, -0.05) is 18.2 Å². The fraction of sp³-hybridized carbons (Fsp3) is 0.200. The second kappa shape index (κ2) is 4.79. The number of benzene rings is 1. The molecule has 1 aromatic carbocycles. The molecule has 0 amide bonds. The van der Waals surface area contributed by atoms with Gasteiger partial charge in [0.15, 0.2) is 5.69 Å². The van der Waals surface area contributed by atoms with Crippen molar-refractivity contribution >= 4 is 29.3 Å². The van der Waals surface area contributed by atoms with Gasteiger partial charge in [0.2, 0.25) is 0 Å². The normalized spacial score (nSPS) is 9.67. The van der Waals surface area contributed by atoms with Crippen molar-refractivity contribution in [3.63, 3.8) is 0 Å². The van der Waals surface area contributed by atoms with Crippen LogP contribution in [0.15, 0.2) is 24.3 Å². The molecule has 0 aliphatic heterocycles. The van der Waals surface area contributed by atoms with Gasteiger partial charge in [0.25, 0.3) is 0 Å². The SMILES string of the molecule is CCOC(=O)c1n[nH]c2ccccc12.Cl. The number of carbonyl (C=O) groups excluding carboxylic acids is 1. The number of aromatic nitrogens is 2. The summed E-state index contributed by atoms with van der Waals surface area (Å²) < 4.78 is 4.87. The van der Waals surface area contributed by atoms with Crippen LogP contribution in [0, 0.1) is 0 Å². The number of nitrogens with one attached hydrogen (secondary N) is 1. The summed E-state index contributed by atoms with van der Waals surface area (Å²) in [6.45, 7) is 2.13. The molecule has 2 rings (SSSR count). The molecule has 2 aromatic rings. The van der Waals surface area contributed by atoms with Gasteiger partial charge in [0.05, 0.1) is 12.1 Å². The van der Waals surface area contributed by atoms with Crippen LogP contribution in [0.25, 0.3) is 10.9 Å². The van der Waals surface area contributed by atoms with E-state index in [1.54, 1.807) is 6.92 Å². The van der Waals surface area contributed by atoms with E-state index in [2.05, 4.69) is 10.2 Å². The molecule has 0 unspecified atom stereocenters. The molecule has 0 atom stereocenters. The summed E-state index contributed by atoms with van der Waals surface area (Å²) in [4.78, 5) is 11.4. The molecule has 0 aliphatic carbocycles. The Morgan fingerprint density at radius 3 is 2.93 bits per heavy atom. The van der Waals surface area contributed by atoms with Crippen LogP contribution in [0.2, 0.25) is 0 Å². The molecule has 0 saturated heterocycles. The maximum Gasteiger partial charge on any atom is 0.359 e. The minimum atomic E-state index is -0.384. The topological polar surface area (TPSA) is 55.0 Å². The lowest BCUT2D eigenvalue weighted by Crippen LogP contribution is -2.05. The summed E-state index contributed by atoms with van der Waals surface area (Å²) in [5, 5.41) is 7.49. The van der Waals surface area contributed by atoms with E-state index < -0.39 is 0 Å². The zero-order valence-electron chi connectivity index (χ0n) is 8.19. The highest BCUT2D eigenvalue weighted by atomic mass is 35.5. The summed E-state index contributed by atoms with van der Waals surface area (Å²) >= 11 is 0. The van der Waals surface area contributed by atoms with E-state index >= 15 is 0 Å². The third kappa shape index (κ3) is 2.10. The van der Waals surface area contributed by atoms with Gasteiger partial charge in [-0.05, 0) is 13.0 Å². The van der Waals surface area contributed by atoms with E-state index in [-0.39, 0.29) is 18.4 Å². The molecule has 1 heterocycles. The maximum absolute atomic E-state index is 11.4. The third-order valence-corrected chi connectivity index (χ3v) is 1.94. The highest BCUT2D eigenvalue weighted by molar-refractivity contribution is 6.01. The van der Waals surface area contributed by atoms with Gasteiger partial charge in [-0.15, -0.1) is 12.4 Å². The smallest absolute Gasteiger partial charge is 0.359 e. The highest BCUT2D eigenvalue weighted by Gasteiger charge is 2.13. The number of nitrogens with zero attached hydrogens (tertiary/aromatic N) is 1. The first kappa shape index (κ1) is 11.5. The zero-order valence-corrected chi connectivity index (χ0v) is 9.00. The van der Waals surface area contributed by atoms with Gasteiger partial charge in [-0.25, -0.2) is 4.79 Å². The Kier molecular flexibility index (Phi) is 3.68. The average Bonchev–Trinajstić information content (AvgIpc) is 2.61. The van der Waals surface area contributed by atoms with Crippen LogP contribution in [0.5, 0.6) is 0 Å². The summed E-state index contributed by atoms with van der Waals surface area (Å²) in [5.74, 6) is -0.384. The number of fused-ring (bicyclic) bond motifs is 1. The van der Waals surface area contributed by atoms with Gasteiger partial charge >= 0.3 is 5.97 Å². The summed E-state index contributed by atoms with van der Waals surface area (Å²) in [5.41, 5.74) is 1.19. The minimum Gasteiger partial charge on any atom is -0.461 e. The largest absolute Gasteiger partial charge is 0.461 e. The van der Waals surface area contributed by atoms with Crippen LogP contribution in [-0.4, -0.2) is 22.8 Å². The molecular weight excluding hydrogens is 216 g/mol. The second-order valence-corrected chi connectivity index (χ2v) is 2.84. The highest BCUT2D eigenvalue weighted by Crippen LogP contribution is 2.15. The number of hydrogen-bond acceptors (Lipinski definition) is 3. The molecule has 15 heavy (non-hydrogen) atoms. The quantitative estimate of drug-likeness (QED) is 0.799. The van der Waals surface area contributed by atoms with Crippen molar-refractivity contribution in [2.75, 3.05) is 6.61 Å². The van der Waals surface area contributed by atoms with E-state index in [9.17, 15) is 4.79 Å². The van der Waals surface area contributed by atoms with Gasteiger partial charge in [-0.2, -0.15) is 5.10 Å². The molecule has 0 bridgehead atoms. The van der Waals surface area contributed by atoms with Crippen LogP contribution in [0.1, 0.15) is 17.4 Å². The van der Waals surface area contributed by atoms with Gasteiger partial charge in [0, 0.05) is 5.39 Å². The second-order valence-electron chi connectivity index (χ2n) is 2.84. The van der Waals surface area contributed by atoms with Crippen LogP contribution in [0.4, 0.5) is 0 Å². The molecule has 1 N–H and O–H groups in total. The number of ether oxygens (including phenoxy) is 1. The van der Waals surface area contributed by atoms with Crippen molar-refractivity contribution in [3.8, 4) is 0 Å². The Morgan fingerprint density at radius 1 is 1.47 bits per heavy atom. The number of para-hydroxylation sites is 1. The number of carbonyl (C=O) groups is 1. The molecular formula is C10H11ClN2O2. The summed E-state index contributed by atoms with van der Waals surface area (Å²) in [7, 11) is 0. The van der Waals surface area contributed by atoms with Crippen molar-refractivity contribution in [3.05, 3.63) is 30.0 Å². The molecule has 0 fully saturated rings. The monoisotopic (exact) mass is 226 g/mol. The Balaban J connectivity index is 0.00000112. The first-order valence-corrected chi connectivity index (χ1v) is 4.43. The first-order valence-electron chi connectivity index (χ1n) is 4.43. The third-order valence-electron chi connectivity index (χ3n) is 1.94. The minimum absolute atomic E-state index is 0. The number of aromatic amines is 1. The molecule has 0 spiro atoms. The Morgan fingerprint density at radius 2 is 2.20 bits per heavy atom. The van der Waals surface area contributed by atoms with Crippen molar-refractivity contribution in [1.29, 1.82) is 0 Å². The van der Waals surface area contributed by atoms with Crippen molar-refractivity contribution < 1.29 is 9.53 Å². The fourth-order valence-corrected chi connectivity index (χ4v) is 1.32. The fourth-order valence-electron chi connectivity index (χ4n) is 1.32. The lowest BCUT2D eigenvalue weighted by molar-refractivity contribution is 0.0521. The molecule has 1 aromatic heterocycles. The number of hydrogen-bond donors (Lipinski definition) is 1. The van der Waals surface area contributed by atoms with Crippen LogP contribution >= 0.6 is 12.4 Å². The van der Waals surface area contributed by atoms with Gasteiger partial charge in [0.1, 0.15) is 0 Å². The van der Waals surface area contributed by atoms with Crippen molar-refractivity contribution in [1.82, 2.24) is 10.2 Å². The summed E-state index contributed by atoms with van der Waals surface area (Å²) in [6, 6.07) is 7.45. The van der Waals surface area contributed by atoms with Crippen LogP contribution < -0.4 is 0 Å². The molecule has 5 heteroatoms. The zero-order chi connectivity index (χ0) is 9.97. The van der Waals surface area contributed by atoms with Crippen molar-refractivity contribution in [2.24, 2.45) is 0 Å². The maximum atomic E-state index is 11.4. The number of halogens is 1. The molecule has 80 valence electrons. The van der Waals surface area contributed by atoms with E-state index in [0.717, 1.165) is 10.9 Å². The lowest BCUT2D eigenvalue weighted by atomic mass is 10.2. The predicted molar refractivity (Wildman–Crippen MR) is 59.3 cm³/mol. The van der Waals surface area contributed by atoms with E-state index in [0.29, 0.717) is 12.3 Å². The Bertz CT molecular complexity index is 467. The molecule has 4 nitrogen and oxygen atoms in total. The summed E-state index contributed by atoms with van der Waals surface area (Å²) in [6.07, 6.45) is 0. The number of H-pyrrole nitrogens is 1. The van der Waals surface area contributed by atoms with Gasteiger partial charge in [-0.3, -0.25) is 5.10 Å². The van der Waals surface area contributed by atoms with Crippen LogP contribution in [-0.2, 0) is 4.74 Å². The lowest BCUT2D eigenvalue weighted by Gasteiger charge is -1.97. The van der Waals surface area contributed by atoms with E-state index in [1.807, 2.05) is 24.3 Å². The van der Waals surface area contributed by atoms with Crippen molar-refractivity contribution in [2.45, 2.75) is 6.92 Å². The molecule has 0 radical (unpaired) electrons. The first-order chi connectivity index (χ1) is 6.83. The number of esters is 1. The predicted octanol–water partition coefficient (Wildman–Crippen LogP) is 2.16. The molecule has 0 aliphatic rings. The average molecular weight is 227 g/mol. The van der Waals surface area contributed by atoms with E-state index in [4.69, 9.17) is 4.74 Å². The van der Waals surface area contributed by atoms with Gasteiger partial charge < -0.3 is 4.74 Å². The number of rotatable bonds is 2. The van der Waals surface area contributed by atoms with Crippen LogP contribution in [0.3, 0.4) is 0 Å².